The van der Waals surface area contributed by atoms with Crippen molar-refractivity contribution in [1.29, 1.82) is 0 Å². The van der Waals surface area contributed by atoms with Crippen molar-refractivity contribution in [2.75, 3.05) is 4.81 Å². The van der Waals surface area contributed by atoms with Crippen LogP contribution in [0.25, 0.3) is 38.6 Å². The first-order valence-electron chi connectivity index (χ1n) is 14.5. The molecule has 4 heterocycles. The zero-order chi connectivity index (χ0) is 27.1. The van der Waals surface area contributed by atoms with Crippen molar-refractivity contribution < 1.29 is 0 Å². The average Bonchev–Trinajstić information content (AvgIpc) is 3.30. The van der Waals surface area contributed by atoms with Gasteiger partial charge in [0, 0.05) is 38.8 Å². The molecule has 3 aliphatic rings. The van der Waals surface area contributed by atoms with Gasteiger partial charge in [0.05, 0.1) is 19.1 Å². The maximum atomic E-state index is 2.69. The van der Waals surface area contributed by atoms with E-state index in [2.05, 4.69) is 140 Å². The van der Waals surface area contributed by atoms with E-state index in [0.29, 0.717) is 0 Å². The summed E-state index contributed by atoms with van der Waals surface area (Å²) in [5.74, 6) is 0. The lowest BCUT2D eigenvalue weighted by Crippen LogP contribution is -2.61. The van der Waals surface area contributed by atoms with Crippen LogP contribution in [0.3, 0.4) is 0 Å². The molecule has 5 aromatic carbocycles. The SMILES string of the molecule is CC1(C)c2cccc3c2-n2c4c1cccc4c1c([Si](C)(C)C)cc4c(c12)B3N(c1ccccc1)c1ccccc1-4. The Morgan fingerprint density at radius 1 is 0.700 bits per heavy atom. The van der Waals surface area contributed by atoms with E-state index in [0.717, 1.165) is 0 Å². The number of anilines is 2. The van der Waals surface area contributed by atoms with Crippen LogP contribution < -0.4 is 20.9 Å². The number of hydrogen-bond donors (Lipinski definition) is 0. The van der Waals surface area contributed by atoms with Gasteiger partial charge in [-0.1, -0.05) is 112 Å². The molecular weight excluding hydrogens is 499 g/mol. The first-order chi connectivity index (χ1) is 19.3. The molecule has 0 unspecified atom stereocenters. The van der Waals surface area contributed by atoms with Crippen molar-refractivity contribution >= 4 is 64.2 Å². The second-order valence-corrected chi connectivity index (χ2v) is 18.4. The van der Waals surface area contributed by atoms with Crippen LogP contribution in [-0.4, -0.2) is 19.5 Å². The number of benzene rings is 5. The summed E-state index contributed by atoms with van der Waals surface area (Å²) in [7, 11) is -1.72. The Labute approximate surface area is 237 Å². The zero-order valence-corrected chi connectivity index (χ0v) is 24.7. The molecule has 0 aliphatic carbocycles. The van der Waals surface area contributed by atoms with Gasteiger partial charge in [0.2, 0.25) is 0 Å². The molecule has 40 heavy (non-hydrogen) atoms. The smallest absolute Gasteiger partial charge is 0.333 e. The van der Waals surface area contributed by atoms with Gasteiger partial charge < -0.3 is 9.38 Å². The molecular formula is C36H31BN2Si. The average molecular weight is 531 g/mol. The third-order valence-electron chi connectivity index (χ3n) is 9.85. The Bertz CT molecular complexity index is 2080. The van der Waals surface area contributed by atoms with E-state index in [9.17, 15) is 0 Å². The van der Waals surface area contributed by atoms with Crippen molar-refractivity contribution in [2.45, 2.75) is 38.9 Å². The number of rotatable bonds is 2. The molecule has 0 N–H and O–H groups in total. The number of nitrogens with zero attached hydrogens (tertiary/aromatic N) is 2. The maximum Gasteiger partial charge on any atom is 0.333 e. The highest BCUT2D eigenvalue weighted by molar-refractivity contribution is 6.95. The normalized spacial score (nSPS) is 15.7. The summed E-state index contributed by atoms with van der Waals surface area (Å²) in [6.45, 7) is 12.5. The van der Waals surface area contributed by atoms with Crippen LogP contribution in [0.4, 0.5) is 11.4 Å². The molecule has 6 aromatic rings. The molecule has 0 radical (unpaired) electrons. The van der Waals surface area contributed by atoms with Gasteiger partial charge in [-0.2, -0.15) is 0 Å². The Balaban J connectivity index is 1.60. The summed E-state index contributed by atoms with van der Waals surface area (Å²) < 4.78 is 2.69. The van der Waals surface area contributed by atoms with Crippen molar-refractivity contribution in [3.8, 4) is 16.8 Å². The van der Waals surface area contributed by atoms with E-state index in [4.69, 9.17) is 0 Å². The minimum Gasteiger partial charge on any atom is -0.376 e. The molecule has 1 aromatic heterocycles. The van der Waals surface area contributed by atoms with E-state index in [1.807, 2.05) is 0 Å². The first kappa shape index (κ1) is 22.8. The summed E-state index contributed by atoms with van der Waals surface area (Å²) in [4.78, 5) is 2.62. The minimum atomic E-state index is -1.72. The van der Waals surface area contributed by atoms with E-state index < -0.39 is 8.07 Å². The zero-order valence-electron chi connectivity index (χ0n) is 23.7. The highest BCUT2D eigenvalue weighted by atomic mass is 28.3. The number of para-hydroxylation sites is 4. The lowest BCUT2D eigenvalue weighted by molar-refractivity contribution is 0.631. The third kappa shape index (κ3) is 2.53. The summed E-state index contributed by atoms with van der Waals surface area (Å²) in [6.07, 6.45) is 0. The Hall–Kier alpha value is -4.02. The van der Waals surface area contributed by atoms with Gasteiger partial charge in [-0.25, -0.2) is 0 Å². The predicted molar refractivity (Wildman–Crippen MR) is 175 cm³/mol. The van der Waals surface area contributed by atoms with Gasteiger partial charge in [0.1, 0.15) is 0 Å². The molecule has 0 amide bonds. The number of hydrogen-bond acceptors (Lipinski definition) is 1. The van der Waals surface area contributed by atoms with Crippen LogP contribution in [0.2, 0.25) is 19.6 Å². The molecule has 9 rings (SSSR count). The van der Waals surface area contributed by atoms with Crippen molar-refractivity contribution in [3.63, 3.8) is 0 Å². The number of aromatic nitrogens is 1. The van der Waals surface area contributed by atoms with Crippen LogP contribution in [0.1, 0.15) is 25.0 Å². The summed E-state index contributed by atoms with van der Waals surface area (Å²) in [5.41, 5.74) is 15.2. The van der Waals surface area contributed by atoms with E-state index in [-0.39, 0.29) is 12.3 Å². The fourth-order valence-electron chi connectivity index (χ4n) is 8.14. The second-order valence-electron chi connectivity index (χ2n) is 13.4. The summed E-state index contributed by atoms with van der Waals surface area (Å²) in [5, 5.41) is 4.49. The fourth-order valence-corrected chi connectivity index (χ4v) is 9.72. The van der Waals surface area contributed by atoms with E-state index >= 15 is 0 Å². The molecule has 0 saturated heterocycles. The van der Waals surface area contributed by atoms with Crippen LogP contribution in [0, 0.1) is 0 Å². The van der Waals surface area contributed by atoms with Crippen molar-refractivity contribution in [1.82, 2.24) is 4.57 Å². The van der Waals surface area contributed by atoms with Gasteiger partial charge in [0.25, 0.3) is 0 Å². The predicted octanol–water partition coefficient (Wildman–Crippen LogP) is 7.21. The quantitative estimate of drug-likeness (QED) is 0.215. The molecule has 0 atom stereocenters. The van der Waals surface area contributed by atoms with E-state index in [1.54, 1.807) is 5.19 Å². The molecule has 0 bridgehead atoms. The third-order valence-corrected chi connectivity index (χ3v) is 11.9. The number of fused-ring (bicyclic) bond motifs is 4. The monoisotopic (exact) mass is 530 g/mol. The minimum absolute atomic E-state index is 0.0843. The van der Waals surface area contributed by atoms with Gasteiger partial charge >= 0.3 is 6.85 Å². The highest BCUT2D eigenvalue weighted by Crippen LogP contribution is 2.50. The fraction of sp³-hybridized carbons (Fsp3) is 0.167. The van der Waals surface area contributed by atoms with Crippen LogP contribution in [0.15, 0.2) is 97.1 Å². The van der Waals surface area contributed by atoms with Crippen LogP contribution >= 0.6 is 0 Å². The molecule has 0 spiro atoms. The lowest BCUT2D eigenvalue weighted by Gasteiger charge is -2.45. The molecule has 192 valence electrons. The van der Waals surface area contributed by atoms with Crippen LogP contribution in [-0.2, 0) is 5.41 Å². The van der Waals surface area contributed by atoms with Crippen molar-refractivity contribution in [3.05, 3.63) is 108 Å². The topological polar surface area (TPSA) is 8.17 Å². The maximum absolute atomic E-state index is 2.69. The largest absolute Gasteiger partial charge is 0.376 e. The molecule has 4 heteroatoms. The standard InChI is InChI=1S/C36H31BN2Si/c1-36(2)26-17-11-16-24-31-30(40(3,4)5)21-25-23-15-9-10-20-29(23)39(22-13-7-6-8-14-22)37-28-19-12-18-27(36)34(28)38(33(24)26)35(31)32(25)37/h6-21H,1-5H3. The van der Waals surface area contributed by atoms with Gasteiger partial charge in [-0.3, -0.25) is 0 Å². The Kier molecular flexibility index (Phi) is 4.09. The Morgan fingerprint density at radius 2 is 1.43 bits per heavy atom. The van der Waals surface area contributed by atoms with Gasteiger partial charge in [0.15, 0.2) is 0 Å². The molecule has 2 nitrogen and oxygen atoms in total. The summed E-state index contributed by atoms with van der Waals surface area (Å²) in [6, 6.07) is 36.8. The molecule has 0 saturated carbocycles. The molecule has 0 fully saturated rings. The van der Waals surface area contributed by atoms with Gasteiger partial charge in [-0.05, 0) is 51.0 Å². The molecule has 3 aliphatic heterocycles. The Morgan fingerprint density at radius 3 is 2.23 bits per heavy atom. The van der Waals surface area contributed by atoms with Crippen LogP contribution in [0.5, 0.6) is 0 Å². The van der Waals surface area contributed by atoms with E-state index in [1.165, 1.54) is 72.0 Å². The highest BCUT2D eigenvalue weighted by Gasteiger charge is 2.48. The lowest BCUT2D eigenvalue weighted by atomic mass is 9.43. The summed E-state index contributed by atoms with van der Waals surface area (Å²) >= 11 is 0. The second kappa shape index (κ2) is 7.18. The van der Waals surface area contributed by atoms with Gasteiger partial charge in [-0.15, -0.1) is 0 Å². The first-order valence-corrected chi connectivity index (χ1v) is 18.0. The van der Waals surface area contributed by atoms with Crippen molar-refractivity contribution in [2.24, 2.45) is 0 Å².